The lowest BCUT2D eigenvalue weighted by Gasteiger charge is -2.11. The number of carbonyl (C=O) groups is 1. The summed E-state index contributed by atoms with van der Waals surface area (Å²) in [7, 11) is -2.48. The Morgan fingerprint density at radius 2 is 2.12 bits per heavy atom. The molecular formula is C16H17N3O5S. The number of sulfonamides is 1. The van der Waals surface area contributed by atoms with Gasteiger partial charge in [-0.2, -0.15) is 4.40 Å². The third-order valence-corrected chi connectivity index (χ3v) is 5.60. The number of ether oxygens (including phenoxy) is 1. The summed E-state index contributed by atoms with van der Waals surface area (Å²) in [6.07, 6.45) is 2.57. The molecule has 1 fully saturated rings. The first-order chi connectivity index (χ1) is 11.9. The third-order valence-electron chi connectivity index (χ3n) is 3.87. The number of carbonyl (C=O) groups excluding carboxylic acids is 1. The van der Waals surface area contributed by atoms with Gasteiger partial charge in [-0.15, -0.1) is 0 Å². The van der Waals surface area contributed by atoms with Gasteiger partial charge in [0, 0.05) is 16.4 Å². The van der Waals surface area contributed by atoms with Gasteiger partial charge in [0.15, 0.2) is 6.54 Å². The van der Waals surface area contributed by atoms with Gasteiger partial charge in [0.05, 0.1) is 17.9 Å². The van der Waals surface area contributed by atoms with Gasteiger partial charge in [0.2, 0.25) is 6.20 Å². The molecule has 1 heterocycles. The molecule has 1 aromatic heterocycles. The maximum Gasteiger partial charge on any atom is 0.312 e. The summed E-state index contributed by atoms with van der Waals surface area (Å²) in [5.41, 5.74) is 0.650. The Balaban J connectivity index is 2.03. The van der Waals surface area contributed by atoms with E-state index in [1.807, 2.05) is 0 Å². The lowest BCUT2D eigenvalue weighted by Crippen LogP contribution is -2.41. The van der Waals surface area contributed by atoms with Gasteiger partial charge in [-0.1, -0.05) is 22.9 Å². The molecule has 1 aliphatic rings. The van der Waals surface area contributed by atoms with Crippen LogP contribution in [0.25, 0.3) is 10.9 Å². The van der Waals surface area contributed by atoms with E-state index in [1.165, 1.54) is 18.0 Å². The number of esters is 1. The highest BCUT2D eigenvalue weighted by molar-refractivity contribution is 7.91. The number of nitrogens with zero attached hydrogens (tertiary/aromatic N) is 3. The standard InChI is InChI=1S/C16H17N3O5S/c1-24-15(20)8-9-19-10-13(12-4-2-3-5-14(12)17-19)16(21)18-25(22,23)11-6-7-11/h2-5,10-11H,6-9H2,1H3. The van der Waals surface area contributed by atoms with Crippen LogP contribution in [0.3, 0.4) is 0 Å². The van der Waals surface area contributed by atoms with Crippen LogP contribution in [0.4, 0.5) is 0 Å². The number of aryl methyl sites for hydroxylation is 1. The topological polar surface area (TPSA) is 113 Å². The first-order valence-corrected chi connectivity index (χ1v) is 9.28. The summed E-state index contributed by atoms with van der Waals surface area (Å²) < 4.78 is 33.4. The van der Waals surface area contributed by atoms with E-state index in [2.05, 4.69) is 14.2 Å². The van der Waals surface area contributed by atoms with Crippen LogP contribution in [0.5, 0.6) is 0 Å². The Morgan fingerprint density at radius 1 is 1.40 bits per heavy atom. The first kappa shape index (κ1) is 17.3. The fourth-order valence-corrected chi connectivity index (χ4v) is 3.58. The SMILES string of the molecule is COC(=O)CC[n+]1cc(C([O-])=NS(=O)(=O)C2CC2)c2ccccc2n1. The Bertz CT molecular complexity index is 951. The molecule has 0 N–H and O–H groups in total. The number of benzene rings is 1. The van der Waals surface area contributed by atoms with Crippen LogP contribution in [0.1, 0.15) is 24.8 Å². The van der Waals surface area contributed by atoms with E-state index in [9.17, 15) is 18.3 Å². The summed E-state index contributed by atoms with van der Waals surface area (Å²) in [6.45, 7) is 0.202. The lowest BCUT2D eigenvalue weighted by atomic mass is 10.1. The first-order valence-electron chi connectivity index (χ1n) is 7.78. The van der Waals surface area contributed by atoms with Crippen molar-refractivity contribution >= 4 is 32.8 Å². The zero-order valence-electron chi connectivity index (χ0n) is 13.6. The van der Waals surface area contributed by atoms with Crippen LogP contribution < -0.4 is 9.79 Å². The van der Waals surface area contributed by atoms with Gasteiger partial charge < -0.3 is 9.84 Å². The summed E-state index contributed by atoms with van der Waals surface area (Å²) >= 11 is 0. The van der Waals surface area contributed by atoms with E-state index in [0.29, 0.717) is 23.7 Å². The second-order valence-electron chi connectivity index (χ2n) is 5.76. The normalized spacial score (nSPS) is 15.3. The number of hydrogen-bond acceptors (Lipinski definition) is 6. The van der Waals surface area contributed by atoms with Crippen LogP contribution in [-0.2, 0) is 26.1 Å². The van der Waals surface area contributed by atoms with Crippen LogP contribution >= 0.6 is 0 Å². The van der Waals surface area contributed by atoms with Crippen molar-refractivity contribution in [3.8, 4) is 0 Å². The van der Waals surface area contributed by atoms with Gasteiger partial charge in [-0.05, 0) is 18.9 Å². The molecule has 0 unspecified atom stereocenters. The number of hydrogen-bond donors (Lipinski definition) is 0. The Hall–Kier alpha value is -2.55. The minimum Gasteiger partial charge on any atom is -0.857 e. The molecule has 0 radical (unpaired) electrons. The van der Waals surface area contributed by atoms with E-state index in [0.717, 1.165) is 0 Å². The predicted molar refractivity (Wildman–Crippen MR) is 87.0 cm³/mol. The van der Waals surface area contributed by atoms with Crippen molar-refractivity contribution in [2.75, 3.05) is 7.11 Å². The molecule has 8 nitrogen and oxygen atoms in total. The van der Waals surface area contributed by atoms with E-state index in [-0.39, 0.29) is 18.5 Å². The average Bonchev–Trinajstić information content (AvgIpc) is 3.44. The maximum atomic E-state index is 12.5. The Morgan fingerprint density at radius 3 is 2.80 bits per heavy atom. The summed E-state index contributed by atoms with van der Waals surface area (Å²) in [5, 5.41) is 16.8. The van der Waals surface area contributed by atoms with Crippen molar-refractivity contribution in [3.63, 3.8) is 0 Å². The van der Waals surface area contributed by atoms with Crippen molar-refractivity contribution in [1.29, 1.82) is 0 Å². The molecule has 1 aliphatic carbocycles. The molecule has 1 saturated carbocycles. The van der Waals surface area contributed by atoms with Gasteiger partial charge in [0.25, 0.3) is 10.0 Å². The number of methoxy groups -OCH3 is 1. The van der Waals surface area contributed by atoms with E-state index < -0.39 is 27.1 Å². The largest absolute Gasteiger partial charge is 0.857 e. The molecule has 9 heteroatoms. The average molecular weight is 363 g/mol. The molecule has 1 aromatic carbocycles. The molecule has 0 spiro atoms. The summed E-state index contributed by atoms with van der Waals surface area (Å²) in [5.74, 6) is -1.23. The molecule has 0 bridgehead atoms. The van der Waals surface area contributed by atoms with E-state index >= 15 is 0 Å². The number of aromatic nitrogens is 2. The molecule has 0 aliphatic heterocycles. The highest BCUT2D eigenvalue weighted by Gasteiger charge is 2.35. The molecule has 132 valence electrons. The zero-order chi connectivity index (χ0) is 18.0. The van der Waals surface area contributed by atoms with Crippen LogP contribution in [0.15, 0.2) is 34.9 Å². The number of fused-ring (bicyclic) bond motifs is 1. The monoisotopic (exact) mass is 363 g/mol. The van der Waals surface area contributed by atoms with Crippen molar-refractivity contribution in [2.24, 2.45) is 4.40 Å². The quantitative estimate of drug-likeness (QED) is 0.301. The van der Waals surface area contributed by atoms with Crippen LogP contribution in [0, 0.1) is 0 Å². The van der Waals surface area contributed by atoms with Crippen molar-refractivity contribution in [3.05, 3.63) is 36.0 Å². The minimum absolute atomic E-state index is 0.0810. The summed E-state index contributed by atoms with van der Waals surface area (Å²) in [4.78, 5) is 11.3. The Labute approximate surface area is 144 Å². The van der Waals surface area contributed by atoms with E-state index in [4.69, 9.17) is 0 Å². The molecule has 2 aromatic rings. The second-order valence-corrected chi connectivity index (χ2v) is 7.64. The third kappa shape index (κ3) is 3.93. The summed E-state index contributed by atoms with van der Waals surface area (Å²) in [6, 6.07) is 6.87. The fourth-order valence-electron chi connectivity index (χ4n) is 2.37. The molecule has 0 atom stereocenters. The van der Waals surface area contributed by atoms with Gasteiger partial charge in [0.1, 0.15) is 11.9 Å². The van der Waals surface area contributed by atoms with Gasteiger partial charge >= 0.3 is 5.97 Å². The van der Waals surface area contributed by atoms with Crippen LogP contribution in [-0.4, -0.2) is 37.7 Å². The minimum atomic E-state index is -3.77. The van der Waals surface area contributed by atoms with Crippen molar-refractivity contribution < 1.29 is 27.7 Å². The molecule has 0 amide bonds. The van der Waals surface area contributed by atoms with Gasteiger partial charge in [-0.25, -0.2) is 8.42 Å². The highest BCUT2D eigenvalue weighted by Crippen LogP contribution is 2.29. The molecule has 25 heavy (non-hydrogen) atoms. The van der Waals surface area contributed by atoms with Crippen molar-refractivity contribution in [1.82, 2.24) is 5.10 Å². The number of rotatable bonds is 6. The zero-order valence-corrected chi connectivity index (χ0v) is 14.4. The second kappa shape index (κ2) is 6.75. The predicted octanol–water partition coefficient (Wildman–Crippen LogP) is -0.315. The highest BCUT2D eigenvalue weighted by atomic mass is 32.2. The maximum absolute atomic E-state index is 12.5. The van der Waals surface area contributed by atoms with Gasteiger partial charge in [-0.3, -0.25) is 4.79 Å². The molecule has 3 rings (SSSR count). The van der Waals surface area contributed by atoms with Crippen molar-refractivity contribution in [2.45, 2.75) is 31.1 Å². The lowest BCUT2D eigenvalue weighted by molar-refractivity contribution is -0.750. The van der Waals surface area contributed by atoms with Crippen LogP contribution in [0.2, 0.25) is 0 Å². The van der Waals surface area contributed by atoms with E-state index in [1.54, 1.807) is 24.3 Å². The fraction of sp³-hybridized carbons (Fsp3) is 0.375. The molecule has 0 saturated heterocycles. The smallest absolute Gasteiger partial charge is 0.312 e. The Kier molecular flexibility index (Phi) is 4.67. The molecular weight excluding hydrogens is 346 g/mol.